The van der Waals surface area contributed by atoms with Crippen molar-refractivity contribution in [3.8, 4) is 17.7 Å². The maximum absolute atomic E-state index is 12.7. The molecular weight excluding hydrogens is 386 g/mol. The van der Waals surface area contributed by atoms with Crippen molar-refractivity contribution in [1.82, 2.24) is 19.6 Å². The quantitative estimate of drug-likeness (QED) is 0.551. The first kappa shape index (κ1) is 17.9. The van der Waals surface area contributed by atoms with Gasteiger partial charge in [-0.25, -0.2) is 0 Å². The molecule has 5 rings (SSSR count). The lowest BCUT2D eigenvalue weighted by atomic mass is 9.96. The third-order valence-electron chi connectivity index (χ3n) is 5.15. The molecule has 0 aliphatic carbocycles. The minimum absolute atomic E-state index is 0.0952. The highest BCUT2D eigenvalue weighted by Crippen LogP contribution is 2.31. The van der Waals surface area contributed by atoms with E-state index in [-0.39, 0.29) is 23.4 Å². The average molecular weight is 403 g/mol. The van der Waals surface area contributed by atoms with E-state index in [2.05, 4.69) is 26.6 Å². The number of amides is 1. The zero-order valence-corrected chi connectivity index (χ0v) is 15.9. The van der Waals surface area contributed by atoms with Gasteiger partial charge in [0.25, 0.3) is 5.89 Å². The Morgan fingerprint density at radius 1 is 1.20 bits per heavy atom. The van der Waals surface area contributed by atoms with Crippen molar-refractivity contribution in [3.05, 3.63) is 48.5 Å². The number of pyridine rings is 1. The molecule has 0 unspecified atom stereocenters. The lowest BCUT2D eigenvalue weighted by Crippen LogP contribution is -2.38. The van der Waals surface area contributed by atoms with Gasteiger partial charge in [-0.15, -0.1) is 10.2 Å². The van der Waals surface area contributed by atoms with Gasteiger partial charge in [0, 0.05) is 25.2 Å². The number of rotatable bonds is 4. The van der Waals surface area contributed by atoms with Crippen LogP contribution in [0, 0.1) is 17.2 Å². The molecule has 0 radical (unpaired) electrons. The number of nitriles is 1. The molecule has 150 valence electrons. The number of carbonyl (C=O) groups is 1. The maximum atomic E-state index is 12.7. The summed E-state index contributed by atoms with van der Waals surface area (Å²) in [7, 11) is 0. The summed E-state index contributed by atoms with van der Waals surface area (Å²) in [4.78, 5) is 18.9. The summed E-state index contributed by atoms with van der Waals surface area (Å²) in [5.41, 5.74) is 0.878. The highest BCUT2D eigenvalue weighted by Gasteiger charge is 2.30. The Balaban J connectivity index is 1.26. The third kappa shape index (κ3) is 3.16. The minimum atomic E-state index is -0.171. The Hall–Kier alpha value is -4.13. The van der Waals surface area contributed by atoms with Gasteiger partial charge in [-0.3, -0.25) is 14.5 Å². The van der Waals surface area contributed by atoms with Gasteiger partial charge in [0.2, 0.25) is 23.4 Å². The van der Waals surface area contributed by atoms with Crippen LogP contribution in [-0.4, -0.2) is 38.6 Å². The van der Waals surface area contributed by atoms with E-state index < -0.39 is 0 Å². The molecule has 30 heavy (non-hydrogen) atoms. The van der Waals surface area contributed by atoms with Crippen LogP contribution in [0.3, 0.4) is 0 Å². The predicted octanol–water partition coefficient (Wildman–Crippen LogP) is 2.70. The second-order valence-corrected chi connectivity index (χ2v) is 6.96. The lowest BCUT2D eigenvalue weighted by Gasteiger charge is -2.30. The Labute approximate surface area is 170 Å². The molecule has 0 atom stereocenters. The fraction of sp³-hybridized carbons (Fsp3) is 0.250. The number of nitrogens with one attached hydrogen (secondary N) is 1. The molecule has 5 heterocycles. The van der Waals surface area contributed by atoms with Crippen LogP contribution in [0.1, 0.15) is 18.5 Å². The van der Waals surface area contributed by atoms with Crippen molar-refractivity contribution in [3.63, 3.8) is 0 Å². The molecule has 0 spiro atoms. The first-order chi connectivity index (χ1) is 14.7. The predicted molar refractivity (Wildman–Crippen MR) is 105 cm³/mol. The van der Waals surface area contributed by atoms with E-state index in [9.17, 15) is 10.1 Å². The average Bonchev–Trinajstić information content (AvgIpc) is 3.53. The first-order valence-corrected chi connectivity index (χ1v) is 9.53. The molecular formula is C20H17N7O3. The zero-order chi connectivity index (χ0) is 20.5. The summed E-state index contributed by atoms with van der Waals surface area (Å²) in [5, 5.41) is 20.4. The van der Waals surface area contributed by atoms with Crippen LogP contribution in [0.5, 0.6) is 0 Å². The molecule has 1 fully saturated rings. The van der Waals surface area contributed by atoms with E-state index in [1.807, 2.05) is 23.1 Å². The monoisotopic (exact) mass is 403 g/mol. The zero-order valence-electron chi connectivity index (χ0n) is 15.9. The first-order valence-electron chi connectivity index (χ1n) is 9.53. The van der Waals surface area contributed by atoms with Crippen molar-refractivity contribution in [2.75, 3.05) is 23.3 Å². The number of oxazole rings is 1. The normalized spacial score (nSPS) is 14.7. The van der Waals surface area contributed by atoms with Gasteiger partial charge in [-0.1, -0.05) is 6.07 Å². The van der Waals surface area contributed by atoms with Gasteiger partial charge in [0.15, 0.2) is 11.4 Å². The van der Waals surface area contributed by atoms with Crippen LogP contribution >= 0.6 is 0 Å². The minimum Gasteiger partial charge on any atom is -0.459 e. The number of hydrogen-bond acceptors (Lipinski definition) is 8. The standard InChI is InChI=1S/C20H17N7O3/c21-12-14-19(30-18(22-14)15-4-3-11-29-15)26-9-6-13(7-10-26)17(28)23-20-25-24-16-5-1-2-8-27(16)20/h1-5,8,11,13H,6-7,9-10H2,(H,23,25,28). The number of hydrogen-bond donors (Lipinski definition) is 1. The summed E-state index contributed by atoms with van der Waals surface area (Å²) >= 11 is 0. The Kier molecular flexibility index (Phi) is 4.40. The molecule has 1 saturated heterocycles. The molecule has 1 amide bonds. The van der Waals surface area contributed by atoms with E-state index in [1.54, 1.807) is 22.7 Å². The fourth-order valence-corrected chi connectivity index (χ4v) is 3.59. The number of aromatic nitrogens is 4. The largest absolute Gasteiger partial charge is 0.459 e. The summed E-state index contributed by atoms with van der Waals surface area (Å²) in [5.74, 6) is 1.28. The van der Waals surface area contributed by atoms with Crippen molar-refractivity contribution >= 4 is 23.4 Å². The molecule has 0 aromatic carbocycles. The Morgan fingerprint density at radius 2 is 2.07 bits per heavy atom. The van der Waals surface area contributed by atoms with Crippen LogP contribution < -0.4 is 10.2 Å². The van der Waals surface area contributed by atoms with E-state index in [0.29, 0.717) is 49.2 Å². The van der Waals surface area contributed by atoms with Gasteiger partial charge < -0.3 is 13.7 Å². The van der Waals surface area contributed by atoms with Gasteiger partial charge >= 0.3 is 0 Å². The molecule has 1 N–H and O–H groups in total. The number of carbonyl (C=O) groups excluding carboxylic acids is 1. The second-order valence-electron chi connectivity index (χ2n) is 6.96. The van der Waals surface area contributed by atoms with E-state index >= 15 is 0 Å². The molecule has 1 aliphatic rings. The maximum Gasteiger partial charge on any atom is 0.266 e. The number of fused-ring (bicyclic) bond motifs is 1. The van der Waals surface area contributed by atoms with Crippen molar-refractivity contribution in [2.45, 2.75) is 12.8 Å². The molecule has 0 bridgehead atoms. The van der Waals surface area contributed by atoms with Gasteiger partial charge in [0.05, 0.1) is 6.26 Å². The van der Waals surface area contributed by atoms with E-state index in [4.69, 9.17) is 8.83 Å². The molecule has 10 nitrogen and oxygen atoms in total. The Morgan fingerprint density at radius 3 is 2.83 bits per heavy atom. The third-order valence-corrected chi connectivity index (χ3v) is 5.15. The number of anilines is 2. The Bertz CT molecular complexity index is 1230. The van der Waals surface area contributed by atoms with Crippen molar-refractivity contribution in [1.29, 1.82) is 5.26 Å². The highest BCUT2D eigenvalue weighted by molar-refractivity contribution is 5.91. The smallest absolute Gasteiger partial charge is 0.266 e. The van der Waals surface area contributed by atoms with Crippen LogP contribution in [0.25, 0.3) is 17.3 Å². The summed E-state index contributed by atoms with van der Waals surface area (Å²) < 4.78 is 12.8. The SMILES string of the molecule is N#Cc1nc(-c2ccco2)oc1N1CCC(C(=O)Nc2nnc3ccccn23)CC1. The van der Waals surface area contributed by atoms with Crippen molar-refractivity contribution < 1.29 is 13.6 Å². The highest BCUT2D eigenvalue weighted by atomic mass is 16.4. The van der Waals surface area contributed by atoms with Crippen LogP contribution in [0.2, 0.25) is 0 Å². The summed E-state index contributed by atoms with van der Waals surface area (Å²) in [6, 6.07) is 11.1. The van der Waals surface area contributed by atoms with Crippen molar-refractivity contribution in [2.24, 2.45) is 5.92 Å². The van der Waals surface area contributed by atoms with Gasteiger partial charge in [0.1, 0.15) is 6.07 Å². The number of piperidine rings is 1. The number of nitrogens with zero attached hydrogens (tertiary/aromatic N) is 6. The topological polar surface area (TPSA) is 125 Å². The fourth-order valence-electron chi connectivity index (χ4n) is 3.59. The van der Waals surface area contributed by atoms with Crippen LogP contribution in [-0.2, 0) is 4.79 Å². The molecule has 0 saturated carbocycles. The summed E-state index contributed by atoms with van der Waals surface area (Å²) in [6.45, 7) is 1.14. The lowest BCUT2D eigenvalue weighted by molar-refractivity contribution is -0.120. The molecule has 4 aromatic heterocycles. The van der Waals surface area contributed by atoms with Gasteiger partial charge in [-0.2, -0.15) is 10.2 Å². The molecule has 4 aromatic rings. The molecule has 1 aliphatic heterocycles. The molecule has 10 heteroatoms. The number of furan rings is 1. The second kappa shape index (κ2) is 7.36. The van der Waals surface area contributed by atoms with Crippen LogP contribution in [0.15, 0.2) is 51.6 Å². The van der Waals surface area contributed by atoms with Gasteiger partial charge in [-0.05, 0) is 37.1 Å². The van der Waals surface area contributed by atoms with Crippen LogP contribution in [0.4, 0.5) is 11.8 Å². The van der Waals surface area contributed by atoms with E-state index in [0.717, 1.165) is 0 Å². The van der Waals surface area contributed by atoms with E-state index in [1.165, 1.54) is 6.26 Å². The summed E-state index contributed by atoms with van der Waals surface area (Å²) in [6.07, 6.45) is 4.56.